The summed E-state index contributed by atoms with van der Waals surface area (Å²) in [6.45, 7) is 10.6. The third kappa shape index (κ3) is 10.2. The van der Waals surface area contributed by atoms with Gasteiger partial charge in [0.1, 0.15) is 11.5 Å². The fourth-order valence-electron chi connectivity index (χ4n) is 4.49. The van der Waals surface area contributed by atoms with E-state index in [9.17, 15) is 9.59 Å². The van der Waals surface area contributed by atoms with E-state index < -0.39 is 5.97 Å². The summed E-state index contributed by atoms with van der Waals surface area (Å²) in [4.78, 5) is 24.8. The summed E-state index contributed by atoms with van der Waals surface area (Å²) in [5.74, 6) is 0.672. The minimum atomic E-state index is -0.465. The molecular formula is C36H44O7. The maximum Gasteiger partial charge on any atom is 0.343 e. The van der Waals surface area contributed by atoms with Gasteiger partial charge in [-0.3, -0.25) is 0 Å². The summed E-state index contributed by atoms with van der Waals surface area (Å²) >= 11 is 0. The van der Waals surface area contributed by atoms with Crippen LogP contribution in [-0.4, -0.2) is 51.6 Å². The van der Waals surface area contributed by atoms with Crippen LogP contribution in [0, 0.1) is 11.3 Å². The lowest BCUT2D eigenvalue weighted by atomic mass is 9.90. The van der Waals surface area contributed by atoms with Gasteiger partial charge in [-0.2, -0.15) is 0 Å². The molecule has 3 aromatic carbocycles. The molecule has 0 spiro atoms. The van der Waals surface area contributed by atoms with E-state index >= 15 is 0 Å². The number of ether oxygens (including phenoxy) is 5. The molecule has 1 heterocycles. The van der Waals surface area contributed by atoms with Crippen molar-refractivity contribution in [2.24, 2.45) is 11.3 Å². The van der Waals surface area contributed by atoms with Gasteiger partial charge >= 0.3 is 11.9 Å². The summed E-state index contributed by atoms with van der Waals surface area (Å²) in [5.41, 5.74) is 3.11. The highest BCUT2D eigenvalue weighted by Gasteiger charge is 2.33. The van der Waals surface area contributed by atoms with Crippen LogP contribution in [0.3, 0.4) is 0 Å². The fraction of sp³-hybridized carbons (Fsp3) is 0.444. The molecule has 0 amide bonds. The number of carbonyl (C=O) groups is 2. The zero-order chi connectivity index (χ0) is 30.5. The highest BCUT2D eigenvalue weighted by Crippen LogP contribution is 2.27. The highest BCUT2D eigenvalue weighted by molar-refractivity contribution is 5.92. The molecule has 1 aliphatic rings. The van der Waals surface area contributed by atoms with E-state index in [-0.39, 0.29) is 11.4 Å². The van der Waals surface area contributed by atoms with Crippen LogP contribution < -0.4 is 9.47 Å². The maximum absolute atomic E-state index is 12.7. The van der Waals surface area contributed by atoms with Gasteiger partial charge in [0.15, 0.2) is 0 Å². The van der Waals surface area contributed by atoms with Crippen LogP contribution in [0.2, 0.25) is 0 Å². The molecular weight excluding hydrogens is 544 g/mol. The van der Waals surface area contributed by atoms with E-state index in [1.165, 1.54) is 0 Å². The Bertz CT molecular complexity index is 1280. The van der Waals surface area contributed by atoms with Crippen molar-refractivity contribution in [3.63, 3.8) is 0 Å². The standard InChI is InChI=1S/C36H44O7/c1-4-27(2)23-42-34(37)30-15-19-33(20-16-30)43-35(38)31-11-9-28(10-12-31)29-13-17-32(18-14-29)41-22-8-6-5-7-21-39-24-36(3)25-40-26-36/h9-20,27H,4-8,21-26H2,1-3H3/t27-/m1/s1. The number of hydrogen-bond donors (Lipinski definition) is 0. The Morgan fingerprint density at radius 2 is 1.33 bits per heavy atom. The first-order valence-electron chi connectivity index (χ1n) is 15.3. The number of benzene rings is 3. The zero-order valence-electron chi connectivity index (χ0n) is 25.6. The first-order valence-corrected chi connectivity index (χ1v) is 15.3. The average molecular weight is 589 g/mol. The van der Waals surface area contributed by atoms with E-state index in [1.54, 1.807) is 36.4 Å². The lowest BCUT2D eigenvalue weighted by Gasteiger charge is -2.37. The van der Waals surface area contributed by atoms with Gasteiger partial charge in [-0.1, -0.05) is 57.9 Å². The zero-order valence-corrected chi connectivity index (χ0v) is 25.6. The second-order valence-electron chi connectivity index (χ2n) is 11.7. The molecule has 0 unspecified atom stereocenters. The SMILES string of the molecule is CC[C@@H](C)COC(=O)c1ccc(OC(=O)c2ccc(-c3ccc(OCCCCCCOCC4(C)COC4)cc3)cc2)cc1. The Hall–Kier alpha value is -3.68. The molecule has 43 heavy (non-hydrogen) atoms. The molecule has 0 radical (unpaired) electrons. The van der Waals surface area contributed by atoms with Crippen molar-refractivity contribution in [3.8, 4) is 22.6 Å². The van der Waals surface area contributed by atoms with Crippen molar-refractivity contribution in [1.29, 1.82) is 0 Å². The largest absolute Gasteiger partial charge is 0.494 e. The molecule has 1 fully saturated rings. The molecule has 0 N–H and O–H groups in total. The molecule has 1 saturated heterocycles. The molecule has 7 heteroatoms. The van der Waals surface area contributed by atoms with Crippen LogP contribution in [0.1, 0.15) is 73.6 Å². The topological polar surface area (TPSA) is 80.3 Å². The Labute approximate surface area is 255 Å². The van der Waals surface area contributed by atoms with Gasteiger partial charge in [0.25, 0.3) is 0 Å². The fourth-order valence-corrected chi connectivity index (χ4v) is 4.49. The third-order valence-electron chi connectivity index (χ3n) is 7.61. The van der Waals surface area contributed by atoms with Crippen LogP contribution in [0.15, 0.2) is 72.8 Å². The number of hydrogen-bond acceptors (Lipinski definition) is 7. The first kappa shape index (κ1) is 32.2. The summed E-state index contributed by atoms with van der Waals surface area (Å²) in [6, 6.07) is 21.7. The second kappa shape index (κ2) is 16.2. The van der Waals surface area contributed by atoms with E-state index in [0.29, 0.717) is 36.0 Å². The molecule has 7 nitrogen and oxygen atoms in total. The smallest absolute Gasteiger partial charge is 0.343 e. The second-order valence-corrected chi connectivity index (χ2v) is 11.7. The predicted molar refractivity (Wildman–Crippen MR) is 167 cm³/mol. The van der Waals surface area contributed by atoms with Crippen molar-refractivity contribution < 1.29 is 33.3 Å². The maximum atomic E-state index is 12.7. The third-order valence-corrected chi connectivity index (χ3v) is 7.61. The lowest BCUT2D eigenvalue weighted by molar-refractivity contribution is -0.137. The average Bonchev–Trinajstić information content (AvgIpc) is 3.02. The van der Waals surface area contributed by atoms with Gasteiger partial charge < -0.3 is 23.7 Å². The van der Waals surface area contributed by atoms with Crippen molar-refractivity contribution in [1.82, 2.24) is 0 Å². The van der Waals surface area contributed by atoms with E-state index in [1.807, 2.05) is 43.3 Å². The van der Waals surface area contributed by atoms with Gasteiger partial charge in [0, 0.05) is 12.0 Å². The number of rotatable bonds is 17. The Morgan fingerprint density at radius 1 is 0.767 bits per heavy atom. The molecule has 1 atom stereocenters. The predicted octanol–water partition coefficient (Wildman–Crippen LogP) is 7.77. The number of carbonyl (C=O) groups excluding carboxylic acids is 2. The van der Waals surface area contributed by atoms with E-state index in [2.05, 4.69) is 13.8 Å². The van der Waals surface area contributed by atoms with Gasteiger partial charge in [0.2, 0.25) is 0 Å². The van der Waals surface area contributed by atoms with Crippen molar-refractivity contribution in [3.05, 3.63) is 83.9 Å². The van der Waals surface area contributed by atoms with Crippen LogP contribution in [0.25, 0.3) is 11.1 Å². The van der Waals surface area contributed by atoms with Crippen LogP contribution in [0.5, 0.6) is 11.5 Å². The molecule has 0 aliphatic carbocycles. The summed E-state index contributed by atoms with van der Waals surface area (Å²) < 4.78 is 27.8. The highest BCUT2D eigenvalue weighted by atomic mass is 16.5. The first-order chi connectivity index (χ1) is 20.8. The van der Waals surface area contributed by atoms with Crippen molar-refractivity contribution in [2.45, 2.75) is 52.9 Å². The van der Waals surface area contributed by atoms with Gasteiger partial charge in [-0.05, 0) is 84.8 Å². The minimum Gasteiger partial charge on any atom is -0.494 e. The summed E-state index contributed by atoms with van der Waals surface area (Å²) in [6.07, 6.45) is 5.29. The Kier molecular flexibility index (Phi) is 12.2. The number of unbranched alkanes of at least 4 members (excludes halogenated alkanes) is 3. The van der Waals surface area contributed by atoms with Crippen molar-refractivity contribution in [2.75, 3.05) is 39.6 Å². The van der Waals surface area contributed by atoms with Crippen LogP contribution in [0.4, 0.5) is 0 Å². The van der Waals surface area contributed by atoms with Crippen molar-refractivity contribution >= 4 is 11.9 Å². The minimum absolute atomic E-state index is 0.225. The van der Waals surface area contributed by atoms with E-state index in [0.717, 1.165) is 75.4 Å². The molecule has 1 aliphatic heterocycles. The number of esters is 2. The summed E-state index contributed by atoms with van der Waals surface area (Å²) in [7, 11) is 0. The molecule has 0 bridgehead atoms. The normalized spacial score (nSPS) is 14.4. The monoisotopic (exact) mass is 588 g/mol. The quantitative estimate of drug-likeness (QED) is 0.0905. The van der Waals surface area contributed by atoms with Gasteiger partial charge in [0.05, 0.1) is 44.2 Å². The molecule has 0 saturated carbocycles. The van der Waals surface area contributed by atoms with Gasteiger partial charge in [-0.25, -0.2) is 9.59 Å². The molecule has 4 rings (SSSR count). The van der Waals surface area contributed by atoms with E-state index in [4.69, 9.17) is 23.7 Å². The lowest BCUT2D eigenvalue weighted by Crippen LogP contribution is -2.43. The molecule has 0 aromatic heterocycles. The Balaban J connectivity index is 1.14. The molecule has 3 aromatic rings. The van der Waals surface area contributed by atoms with Crippen LogP contribution >= 0.6 is 0 Å². The summed E-state index contributed by atoms with van der Waals surface area (Å²) in [5, 5.41) is 0. The Morgan fingerprint density at radius 3 is 1.93 bits per heavy atom. The van der Waals surface area contributed by atoms with Crippen LogP contribution in [-0.2, 0) is 14.2 Å². The van der Waals surface area contributed by atoms with Gasteiger partial charge in [-0.15, -0.1) is 0 Å². The molecule has 230 valence electrons.